The van der Waals surface area contributed by atoms with Gasteiger partial charge in [0, 0.05) is 17.5 Å². The van der Waals surface area contributed by atoms with Crippen LogP contribution in [0.4, 0.5) is 4.39 Å². The molecule has 0 spiro atoms. The number of halogens is 1. The van der Waals surface area contributed by atoms with Gasteiger partial charge in [0.1, 0.15) is 11.4 Å². The minimum Gasteiger partial charge on any atom is -0.451 e. The van der Waals surface area contributed by atoms with Gasteiger partial charge in [-0.1, -0.05) is 13.8 Å². The van der Waals surface area contributed by atoms with Crippen molar-refractivity contribution in [3.8, 4) is 0 Å². The minimum atomic E-state index is -0.587. The Morgan fingerprint density at radius 3 is 2.81 bits per heavy atom. The van der Waals surface area contributed by atoms with Crippen molar-refractivity contribution in [2.75, 3.05) is 6.54 Å². The number of carbonyl (C=O) groups is 1. The Labute approximate surface area is 122 Å². The lowest BCUT2D eigenvalue weighted by Gasteiger charge is -2.13. The predicted octanol–water partition coefficient (Wildman–Crippen LogP) is 3.02. The summed E-state index contributed by atoms with van der Waals surface area (Å²) in [7, 11) is 0. The Balaban J connectivity index is 2.11. The fourth-order valence-electron chi connectivity index (χ4n) is 2.33. The number of carbonyl (C=O) groups excluding carboxylic acids is 1. The van der Waals surface area contributed by atoms with Gasteiger partial charge in [0.25, 0.3) is 5.91 Å². The highest BCUT2D eigenvalue weighted by Gasteiger charge is 2.18. The van der Waals surface area contributed by atoms with Gasteiger partial charge in [0.2, 0.25) is 0 Å². The molecule has 0 bridgehead atoms. The molecule has 2 N–H and O–H groups in total. The second-order valence-corrected chi connectivity index (χ2v) is 5.69. The summed E-state index contributed by atoms with van der Waals surface area (Å²) in [5, 5.41) is 13.0. The zero-order valence-corrected chi connectivity index (χ0v) is 12.4. The SMILES string of the molecule is Cc1c(C(=O)NCC(O)CC(C)C)oc2ccc(F)cc12. The van der Waals surface area contributed by atoms with E-state index in [1.807, 2.05) is 13.8 Å². The maximum absolute atomic E-state index is 13.2. The van der Waals surface area contributed by atoms with E-state index < -0.39 is 12.0 Å². The molecule has 5 heteroatoms. The second-order valence-electron chi connectivity index (χ2n) is 5.69. The highest BCUT2D eigenvalue weighted by molar-refractivity contribution is 5.98. The van der Waals surface area contributed by atoms with Crippen LogP contribution in [-0.4, -0.2) is 23.7 Å². The number of benzene rings is 1. The summed E-state index contributed by atoms with van der Waals surface area (Å²) in [6, 6.07) is 4.14. The molecular weight excluding hydrogens is 273 g/mol. The number of rotatable bonds is 5. The third kappa shape index (κ3) is 3.61. The summed E-state index contributed by atoms with van der Waals surface area (Å²) in [6.07, 6.45) is 0.0287. The number of furan rings is 1. The van der Waals surface area contributed by atoms with Crippen LogP contribution in [0.15, 0.2) is 22.6 Å². The number of hydrogen-bond acceptors (Lipinski definition) is 3. The third-order valence-electron chi connectivity index (χ3n) is 3.35. The standard InChI is InChI=1S/C16H20FNO3/c1-9(2)6-12(19)8-18-16(20)15-10(3)13-7-11(17)4-5-14(13)21-15/h4-5,7,9,12,19H,6,8H2,1-3H3,(H,18,20). The van der Waals surface area contributed by atoms with Gasteiger partial charge in [0.05, 0.1) is 6.10 Å². The van der Waals surface area contributed by atoms with Crippen molar-refractivity contribution in [3.63, 3.8) is 0 Å². The van der Waals surface area contributed by atoms with E-state index in [-0.39, 0.29) is 18.1 Å². The van der Waals surface area contributed by atoms with E-state index in [2.05, 4.69) is 5.32 Å². The first-order chi connectivity index (χ1) is 9.88. The average Bonchev–Trinajstić information content (AvgIpc) is 2.73. The molecule has 4 nitrogen and oxygen atoms in total. The summed E-state index contributed by atoms with van der Waals surface area (Å²) in [6.45, 7) is 5.89. The Bertz CT molecular complexity index is 648. The van der Waals surface area contributed by atoms with Gasteiger partial charge >= 0.3 is 0 Å². The van der Waals surface area contributed by atoms with Gasteiger partial charge in [-0.15, -0.1) is 0 Å². The van der Waals surface area contributed by atoms with Gasteiger partial charge in [-0.25, -0.2) is 4.39 Å². The molecule has 1 aromatic carbocycles. The highest BCUT2D eigenvalue weighted by Crippen LogP contribution is 2.25. The zero-order chi connectivity index (χ0) is 15.6. The molecule has 1 unspecified atom stereocenters. The number of hydrogen-bond donors (Lipinski definition) is 2. The largest absolute Gasteiger partial charge is 0.451 e. The number of aliphatic hydroxyl groups is 1. The summed E-state index contributed by atoms with van der Waals surface area (Å²) in [5.74, 6) is -0.252. The van der Waals surface area contributed by atoms with Crippen molar-refractivity contribution in [1.29, 1.82) is 0 Å². The Hall–Kier alpha value is -1.88. The maximum atomic E-state index is 13.2. The molecule has 1 aromatic heterocycles. The van der Waals surface area contributed by atoms with E-state index in [4.69, 9.17) is 4.42 Å². The molecule has 0 fully saturated rings. The Morgan fingerprint density at radius 2 is 2.14 bits per heavy atom. The molecule has 0 aliphatic heterocycles. The number of aliphatic hydroxyl groups excluding tert-OH is 1. The summed E-state index contributed by atoms with van der Waals surface area (Å²) in [5.41, 5.74) is 1.07. The van der Waals surface area contributed by atoms with Gasteiger partial charge < -0.3 is 14.8 Å². The van der Waals surface area contributed by atoms with Crippen LogP contribution in [0, 0.1) is 18.7 Å². The van der Waals surface area contributed by atoms with E-state index in [0.717, 1.165) is 0 Å². The van der Waals surface area contributed by atoms with Crippen LogP contribution in [0.3, 0.4) is 0 Å². The number of amides is 1. The molecule has 1 amide bonds. The molecule has 1 heterocycles. The van der Waals surface area contributed by atoms with E-state index in [9.17, 15) is 14.3 Å². The normalized spacial score (nSPS) is 12.9. The summed E-state index contributed by atoms with van der Waals surface area (Å²) in [4.78, 5) is 12.1. The Morgan fingerprint density at radius 1 is 1.43 bits per heavy atom. The first kappa shape index (κ1) is 15.5. The fraction of sp³-hybridized carbons (Fsp3) is 0.438. The lowest BCUT2D eigenvalue weighted by atomic mass is 10.1. The first-order valence-corrected chi connectivity index (χ1v) is 7.03. The molecular formula is C16H20FNO3. The van der Waals surface area contributed by atoms with Crippen LogP contribution in [-0.2, 0) is 0 Å². The summed E-state index contributed by atoms with van der Waals surface area (Å²) >= 11 is 0. The zero-order valence-electron chi connectivity index (χ0n) is 12.4. The van der Waals surface area contributed by atoms with Gasteiger partial charge in [-0.3, -0.25) is 4.79 Å². The molecule has 0 saturated heterocycles. The van der Waals surface area contributed by atoms with Gasteiger partial charge in [-0.05, 0) is 37.5 Å². The quantitative estimate of drug-likeness (QED) is 0.890. The molecule has 21 heavy (non-hydrogen) atoms. The van der Waals surface area contributed by atoms with Crippen LogP contribution in [0.25, 0.3) is 11.0 Å². The number of fused-ring (bicyclic) bond motifs is 1. The average molecular weight is 293 g/mol. The maximum Gasteiger partial charge on any atom is 0.287 e. The van der Waals surface area contributed by atoms with Crippen molar-refractivity contribution in [3.05, 3.63) is 35.3 Å². The molecule has 0 aliphatic rings. The van der Waals surface area contributed by atoms with E-state index in [0.29, 0.717) is 28.9 Å². The number of nitrogens with one attached hydrogen (secondary N) is 1. The van der Waals surface area contributed by atoms with Crippen molar-refractivity contribution in [1.82, 2.24) is 5.32 Å². The van der Waals surface area contributed by atoms with Gasteiger partial charge in [-0.2, -0.15) is 0 Å². The summed E-state index contributed by atoms with van der Waals surface area (Å²) < 4.78 is 18.7. The predicted molar refractivity (Wildman–Crippen MR) is 78.7 cm³/mol. The van der Waals surface area contributed by atoms with Crippen molar-refractivity contribution >= 4 is 16.9 Å². The van der Waals surface area contributed by atoms with Crippen LogP contribution in [0.1, 0.15) is 36.4 Å². The van der Waals surface area contributed by atoms with E-state index in [1.165, 1.54) is 18.2 Å². The van der Waals surface area contributed by atoms with Crippen LogP contribution in [0.2, 0.25) is 0 Å². The first-order valence-electron chi connectivity index (χ1n) is 7.03. The molecule has 2 aromatic rings. The molecule has 0 radical (unpaired) electrons. The smallest absolute Gasteiger partial charge is 0.287 e. The lowest BCUT2D eigenvalue weighted by molar-refractivity contribution is 0.0875. The van der Waals surface area contributed by atoms with Gasteiger partial charge in [0.15, 0.2) is 5.76 Å². The lowest BCUT2D eigenvalue weighted by Crippen LogP contribution is -2.32. The highest BCUT2D eigenvalue weighted by atomic mass is 19.1. The monoisotopic (exact) mass is 293 g/mol. The van der Waals surface area contributed by atoms with E-state index >= 15 is 0 Å². The molecule has 2 rings (SSSR count). The van der Waals surface area contributed by atoms with Crippen LogP contribution >= 0.6 is 0 Å². The van der Waals surface area contributed by atoms with Crippen molar-refractivity contribution < 1.29 is 18.7 Å². The van der Waals surface area contributed by atoms with Crippen LogP contribution < -0.4 is 5.32 Å². The molecule has 0 aliphatic carbocycles. The molecule has 1 atom stereocenters. The van der Waals surface area contributed by atoms with E-state index in [1.54, 1.807) is 6.92 Å². The molecule has 114 valence electrons. The molecule has 0 saturated carbocycles. The van der Waals surface area contributed by atoms with Crippen molar-refractivity contribution in [2.45, 2.75) is 33.3 Å². The van der Waals surface area contributed by atoms with Crippen LogP contribution in [0.5, 0.6) is 0 Å². The second kappa shape index (κ2) is 6.26. The Kier molecular flexibility index (Phi) is 4.63. The topological polar surface area (TPSA) is 62.5 Å². The number of aryl methyl sites for hydroxylation is 1. The fourth-order valence-corrected chi connectivity index (χ4v) is 2.33. The third-order valence-corrected chi connectivity index (χ3v) is 3.35. The minimum absolute atomic E-state index is 0.160. The van der Waals surface area contributed by atoms with Crippen molar-refractivity contribution in [2.24, 2.45) is 5.92 Å².